The molecule has 2 heteroatoms. The topological polar surface area (TPSA) is 15.3 Å². The highest BCUT2D eigenvalue weighted by molar-refractivity contribution is 4.90. The van der Waals surface area contributed by atoms with Crippen LogP contribution in [0, 0.1) is 5.92 Å². The summed E-state index contributed by atoms with van der Waals surface area (Å²) in [5, 5.41) is 3.75. The molecule has 0 aromatic carbocycles. The molecule has 106 valence electrons. The Morgan fingerprint density at radius 3 is 2.50 bits per heavy atom. The summed E-state index contributed by atoms with van der Waals surface area (Å²) >= 11 is 0. The van der Waals surface area contributed by atoms with Gasteiger partial charge in [-0.1, -0.05) is 40.0 Å². The Morgan fingerprint density at radius 2 is 1.89 bits per heavy atom. The van der Waals surface area contributed by atoms with E-state index in [9.17, 15) is 0 Å². The molecule has 2 nitrogen and oxygen atoms in total. The fourth-order valence-electron chi connectivity index (χ4n) is 3.78. The Morgan fingerprint density at radius 1 is 1.17 bits per heavy atom. The average Bonchev–Trinajstić information content (AvgIpc) is 2.39. The van der Waals surface area contributed by atoms with Crippen LogP contribution in [0.25, 0.3) is 0 Å². The lowest BCUT2D eigenvalue weighted by Gasteiger charge is -2.46. The van der Waals surface area contributed by atoms with Crippen molar-refractivity contribution in [2.45, 2.75) is 83.8 Å². The van der Waals surface area contributed by atoms with Gasteiger partial charge in [0.1, 0.15) is 0 Å². The van der Waals surface area contributed by atoms with Gasteiger partial charge in [-0.2, -0.15) is 0 Å². The predicted octanol–water partition coefficient (Wildman–Crippen LogP) is 3.42. The molecule has 18 heavy (non-hydrogen) atoms. The van der Waals surface area contributed by atoms with Gasteiger partial charge in [0, 0.05) is 31.2 Å². The largest absolute Gasteiger partial charge is 0.311 e. The van der Waals surface area contributed by atoms with E-state index < -0.39 is 0 Å². The van der Waals surface area contributed by atoms with E-state index in [0.29, 0.717) is 0 Å². The molecule has 0 spiro atoms. The molecule has 0 aromatic heterocycles. The minimum Gasteiger partial charge on any atom is -0.311 e. The maximum atomic E-state index is 3.75. The van der Waals surface area contributed by atoms with E-state index in [2.05, 4.69) is 31.0 Å². The highest BCUT2D eigenvalue weighted by atomic mass is 15.3. The summed E-state index contributed by atoms with van der Waals surface area (Å²) in [6, 6.07) is 2.41. The van der Waals surface area contributed by atoms with E-state index in [-0.39, 0.29) is 0 Å². The molecule has 2 atom stereocenters. The molecule has 1 heterocycles. The molecule has 1 saturated carbocycles. The van der Waals surface area contributed by atoms with Crippen LogP contribution in [-0.2, 0) is 0 Å². The summed E-state index contributed by atoms with van der Waals surface area (Å²) in [4.78, 5) is 2.88. The lowest BCUT2D eigenvalue weighted by molar-refractivity contribution is 0.0505. The van der Waals surface area contributed by atoms with Crippen molar-refractivity contribution >= 4 is 0 Å². The van der Waals surface area contributed by atoms with Crippen molar-refractivity contribution in [3.8, 4) is 0 Å². The minimum atomic E-state index is 0.732. The van der Waals surface area contributed by atoms with Crippen LogP contribution >= 0.6 is 0 Å². The monoisotopic (exact) mass is 252 g/mol. The summed E-state index contributed by atoms with van der Waals surface area (Å²) in [6.07, 6.45) is 9.92. The second kappa shape index (κ2) is 6.91. The predicted molar refractivity (Wildman–Crippen MR) is 78.9 cm³/mol. The maximum Gasteiger partial charge on any atom is 0.0226 e. The third kappa shape index (κ3) is 3.71. The number of nitrogens with zero attached hydrogens (tertiary/aromatic N) is 1. The van der Waals surface area contributed by atoms with Crippen LogP contribution in [0.3, 0.4) is 0 Å². The van der Waals surface area contributed by atoms with Crippen LogP contribution in [0.15, 0.2) is 0 Å². The van der Waals surface area contributed by atoms with E-state index in [1.54, 1.807) is 0 Å². The molecule has 2 unspecified atom stereocenters. The van der Waals surface area contributed by atoms with Crippen LogP contribution in [0.2, 0.25) is 0 Å². The standard InChI is InChI=1S/C16H32N2/c1-4-14-12-18(15-8-6-5-7-9-15)16(11-17-14)10-13(2)3/h13-17H,4-12H2,1-3H3. The van der Waals surface area contributed by atoms with E-state index in [1.807, 2.05) is 0 Å². The normalized spacial score (nSPS) is 32.0. The van der Waals surface area contributed by atoms with Crippen LogP contribution in [0.4, 0.5) is 0 Å². The van der Waals surface area contributed by atoms with Crippen molar-refractivity contribution in [3.05, 3.63) is 0 Å². The van der Waals surface area contributed by atoms with Crippen LogP contribution in [0.1, 0.15) is 65.7 Å². The highest BCUT2D eigenvalue weighted by Gasteiger charge is 2.32. The summed E-state index contributed by atoms with van der Waals surface area (Å²) in [6.45, 7) is 9.56. The lowest BCUT2D eigenvalue weighted by atomic mass is 9.89. The van der Waals surface area contributed by atoms with Crippen molar-refractivity contribution in [1.82, 2.24) is 10.2 Å². The van der Waals surface area contributed by atoms with E-state index in [4.69, 9.17) is 0 Å². The molecule has 1 saturated heterocycles. The van der Waals surface area contributed by atoms with Gasteiger partial charge in [0.15, 0.2) is 0 Å². The second-order valence-corrected chi connectivity index (χ2v) is 6.79. The number of piperazine rings is 1. The van der Waals surface area contributed by atoms with Crippen LogP contribution in [-0.4, -0.2) is 36.1 Å². The summed E-state index contributed by atoms with van der Waals surface area (Å²) in [5.74, 6) is 0.820. The molecule has 2 fully saturated rings. The Labute approximate surface area is 114 Å². The van der Waals surface area contributed by atoms with Crippen LogP contribution in [0.5, 0.6) is 0 Å². The van der Waals surface area contributed by atoms with Gasteiger partial charge in [-0.3, -0.25) is 4.90 Å². The van der Waals surface area contributed by atoms with Gasteiger partial charge in [-0.15, -0.1) is 0 Å². The van der Waals surface area contributed by atoms with E-state index in [0.717, 1.165) is 24.0 Å². The Kier molecular flexibility index (Phi) is 5.50. The molecule has 1 aliphatic carbocycles. The third-order valence-corrected chi connectivity index (χ3v) is 4.82. The number of hydrogen-bond acceptors (Lipinski definition) is 2. The highest BCUT2D eigenvalue weighted by Crippen LogP contribution is 2.28. The molecule has 0 radical (unpaired) electrons. The van der Waals surface area contributed by atoms with E-state index >= 15 is 0 Å². The number of rotatable bonds is 4. The first kappa shape index (κ1) is 14.3. The summed E-state index contributed by atoms with van der Waals surface area (Å²) in [5.41, 5.74) is 0. The maximum absolute atomic E-state index is 3.75. The van der Waals surface area contributed by atoms with Gasteiger partial charge in [-0.25, -0.2) is 0 Å². The van der Waals surface area contributed by atoms with Crippen molar-refractivity contribution < 1.29 is 0 Å². The Hall–Kier alpha value is -0.0800. The van der Waals surface area contributed by atoms with Gasteiger partial charge in [0.25, 0.3) is 0 Å². The van der Waals surface area contributed by atoms with Crippen molar-refractivity contribution in [2.75, 3.05) is 13.1 Å². The number of hydrogen-bond donors (Lipinski definition) is 1. The Bertz CT molecular complexity index is 233. The Balaban J connectivity index is 1.98. The zero-order valence-electron chi connectivity index (χ0n) is 12.6. The van der Waals surface area contributed by atoms with Gasteiger partial charge in [0.2, 0.25) is 0 Å². The molecule has 0 bridgehead atoms. The first-order valence-electron chi connectivity index (χ1n) is 8.19. The SMILES string of the molecule is CCC1CN(C2CCCCC2)C(CC(C)C)CN1. The summed E-state index contributed by atoms with van der Waals surface area (Å²) in [7, 11) is 0. The fourth-order valence-corrected chi connectivity index (χ4v) is 3.78. The smallest absolute Gasteiger partial charge is 0.0226 e. The molecular weight excluding hydrogens is 220 g/mol. The first-order chi connectivity index (χ1) is 8.70. The van der Waals surface area contributed by atoms with E-state index in [1.165, 1.54) is 58.0 Å². The molecule has 1 N–H and O–H groups in total. The number of nitrogens with one attached hydrogen (secondary N) is 1. The van der Waals surface area contributed by atoms with Gasteiger partial charge in [0.05, 0.1) is 0 Å². The van der Waals surface area contributed by atoms with Crippen molar-refractivity contribution in [1.29, 1.82) is 0 Å². The minimum absolute atomic E-state index is 0.732. The van der Waals surface area contributed by atoms with Crippen molar-refractivity contribution in [2.24, 2.45) is 5.92 Å². The zero-order chi connectivity index (χ0) is 13.0. The van der Waals surface area contributed by atoms with Gasteiger partial charge < -0.3 is 5.32 Å². The molecule has 0 aromatic rings. The molecule has 2 rings (SSSR count). The molecule has 1 aliphatic heterocycles. The first-order valence-corrected chi connectivity index (χ1v) is 8.19. The van der Waals surface area contributed by atoms with Gasteiger partial charge >= 0.3 is 0 Å². The molecular formula is C16H32N2. The quantitative estimate of drug-likeness (QED) is 0.825. The summed E-state index contributed by atoms with van der Waals surface area (Å²) < 4.78 is 0. The van der Waals surface area contributed by atoms with Crippen molar-refractivity contribution in [3.63, 3.8) is 0 Å². The van der Waals surface area contributed by atoms with Gasteiger partial charge in [-0.05, 0) is 31.6 Å². The lowest BCUT2D eigenvalue weighted by Crippen LogP contribution is -2.59. The zero-order valence-corrected chi connectivity index (χ0v) is 12.6. The fraction of sp³-hybridized carbons (Fsp3) is 1.00. The molecule has 0 amide bonds. The molecule has 2 aliphatic rings. The van der Waals surface area contributed by atoms with Crippen LogP contribution < -0.4 is 5.32 Å². The second-order valence-electron chi connectivity index (χ2n) is 6.79. The average molecular weight is 252 g/mol. The third-order valence-electron chi connectivity index (χ3n) is 4.82.